The smallest absolute Gasteiger partial charge is 0.239 e. The van der Waals surface area contributed by atoms with E-state index in [1.807, 2.05) is 13.0 Å². The maximum Gasteiger partial charge on any atom is 0.239 e. The highest BCUT2D eigenvalue weighted by atomic mass is 16.5. The molecule has 0 radical (unpaired) electrons. The first-order chi connectivity index (χ1) is 9.06. The van der Waals surface area contributed by atoms with E-state index < -0.39 is 0 Å². The molecule has 5 heteroatoms. The van der Waals surface area contributed by atoms with Crippen molar-refractivity contribution >= 4 is 11.8 Å². The summed E-state index contributed by atoms with van der Waals surface area (Å²) in [4.78, 5) is 6.38. The summed E-state index contributed by atoms with van der Waals surface area (Å²) in [6.45, 7) is 3.90. The molecule has 0 aliphatic carbocycles. The summed E-state index contributed by atoms with van der Waals surface area (Å²) >= 11 is 0. The number of nitrogens with zero attached hydrogens (tertiary/aromatic N) is 2. The van der Waals surface area contributed by atoms with E-state index in [0.29, 0.717) is 5.69 Å². The second-order valence-electron chi connectivity index (χ2n) is 5.09. The van der Waals surface area contributed by atoms with Crippen LogP contribution in [-0.2, 0) is 4.74 Å². The minimum absolute atomic E-state index is 0.0380. The van der Waals surface area contributed by atoms with Crippen LogP contribution in [0.25, 0.3) is 0 Å². The zero-order valence-corrected chi connectivity index (χ0v) is 11.4. The van der Waals surface area contributed by atoms with Crippen molar-refractivity contribution < 1.29 is 4.74 Å². The topological polar surface area (TPSA) is 73.1 Å². The first kappa shape index (κ1) is 13.7. The normalized spacial score (nSPS) is 17.2. The van der Waals surface area contributed by atoms with Crippen LogP contribution in [0, 0.1) is 23.7 Å². The van der Waals surface area contributed by atoms with Crippen LogP contribution < -0.4 is 0 Å². The van der Waals surface area contributed by atoms with Crippen LogP contribution in [0.2, 0.25) is 0 Å². The lowest BCUT2D eigenvalue weighted by molar-refractivity contribution is 0.240. The molecule has 0 amide bonds. The number of pyridine rings is 1. The van der Waals surface area contributed by atoms with E-state index >= 15 is 0 Å². The molecule has 1 fully saturated rings. The fraction of sp³-hybridized carbons (Fsp3) is 0.500. The summed E-state index contributed by atoms with van der Waals surface area (Å²) in [6, 6.07) is 3.64. The van der Waals surface area contributed by atoms with Crippen LogP contribution in [0.15, 0.2) is 18.3 Å². The Balaban J connectivity index is 1.91. The molecular formula is C14H20N4O. The van der Waals surface area contributed by atoms with E-state index in [4.69, 9.17) is 15.6 Å². The molecule has 1 saturated heterocycles. The summed E-state index contributed by atoms with van der Waals surface area (Å²) in [7, 11) is 2.08. The maximum absolute atomic E-state index is 7.96. The first-order valence-corrected chi connectivity index (χ1v) is 6.52. The minimum Gasteiger partial charge on any atom is -0.423 e. The number of likely N-dealkylation sites (tertiary alicyclic amines) is 1. The van der Waals surface area contributed by atoms with E-state index in [-0.39, 0.29) is 17.7 Å². The Bertz CT molecular complexity index is 461. The molecule has 2 heterocycles. The largest absolute Gasteiger partial charge is 0.423 e. The molecule has 102 valence electrons. The molecule has 0 bridgehead atoms. The van der Waals surface area contributed by atoms with Crippen molar-refractivity contribution in [2.75, 3.05) is 20.1 Å². The Hall–Kier alpha value is -1.75. The highest BCUT2D eigenvalue weighted by Gasteiger charge is 2.23. The molecule has 1 aliphatic heterocycles. The summed E-state index contributed by atoms with van der Waals surface area (Å²) in [5, 5.41) is 15.8. The SMILES string of the molecule is Cc1ccc(C(=N)OC(=N)C2CCN(C)CC2)nc1. The van der Waals surface area contributed by atoms with Crippen molar-refractivity contribution in [3.8, 4) is 0 Å². The molecule has 1 aromatic rings. The number of piperidine rings is 1. The van der Waals surface area contributed by atoms with Gasteiger partial charge in [-0.25, -0.2) is 0 Å². The van der Waals surface area contributed by atoms with Gasteiger partial charge in [-0.15, -0.1) is 0 Å². The van der Waals surface area contributed by atoms with E-state index in [1.54, 1.807) is 12.3 Å². The molecule has 2 rings (SSSR count). The van der Waals surface area contributed by atoms with E-state index in [9.17, 15) is 0 Å². The molecule has 2 N–H and O–H groups in total. The molecule has 19 heavy (non-hydrogen) atoms. The third-order valence-corrected chi connectivity index (χ3v) is 3.45. The van der Waals surface area contributed by atoms with Gasteiger partial charge in [0.1, 0.15) is 5.69 Å². The summed E-state index contributed by atoms with van der Waals surface area (Å²) < 4.78 is 5.34. The fourth-order valence-electron chi connectivity index (χ4n) is 2.12. The average molecular weight is 260 g/mol. The molecule has 1 aromatic heterocycles. The van der Waals surface area contributed by atoms with E-state index in [1.165, 1.54) is 0 Å². The van der Waals surface area contributed by atoms with Crippen LogP contribution in [0.1, 0.15) is 24.1 Å². The summed E-state index contributed by atoms with van der Waals surface area (Å²) in [5.41, 5.74) is 1.52. The molecule has 0 unspecified atom stereocenters. The summed E-state index contributed by atoms with van der Waals surface area (Å²) in [6.07, 6.45) is 3.54. The van der Waals surface area contributed by atoms with Crippen molar-refractivity contribution in [3.05, 3.63) is 29.6 Å². The Morgan fingerprint density at radius 1 is 1.32 bits per heavy atom. The number of aromatic nitrogens is 1. The van der Waals surface area contributed by atoms with Gasteiger partial charge < -0.3 is 9.64 Å². The van der Waals surface area contributed by atoms with Crippen molar-refractivity contribution in [3.63, 3.8) is 0 Å². The van der Waals surface area contributed by atoms with Gasteiger partial charge in [0.2, 0.25) is 5.90 Å². The van der Waals surface area contributed by atoms with Gasteiger partial charge in [0, 0.05) is 12.1 Å². The number of ether oxygens (including phenoxy) is 1. The number of hydrogen-bond acceptors (Lipinski definition) is 5. The third-order valence-electron chi connectivity index (χ3n) is 3.45. The van der Waals surface area contributed by atoms with Gasteiger partial charge in [-0.3, -0.25) is 15.8 Å². The number of aryl methyl sites for hydroxylation is 1. The van der Waals surface area contributed by atoms with Gasteiger partial charge in [-0.2, -0.15) is 0 Å². The average Bonchev–Trinajstić information content (AvgIpc) is 2.40. The molecular weight excluding hydrogens is 240 g/mol. The second kappa shape index (κ2) is 5.93. The van der Waals surface area contributed by atoms with Crippen LogP contribution in [0.4, 0.5) is 0 Å². The van der Waals surface area contributed by atoms with Gasteiger partial charge in [0.05, 0.1) is 0 Å². The maximum atomic E-state index is 7.96. The fourth-order valence-corrected chi connectivity index (χ4v) is 2.12. The molecule has 1 aliphatic rings. The molecule has 0 aromatic carbocycles. The van der Waals surface area contributed by atoms with E-state index in [2.05, 4.69) is 16.9 Å². The predicted octanol–water partition coefficient (Wildman–Crippen LogP) is 2.05. The van der Waals surface area contributed by atoms with Crippen molar-refractivity contribution in [1.29, 1.82) is 10.8 Å². The lowest BCUT2D eigenvalue weighted by Crippen LogP contribution is -2.34. The van der Waals surface area contributed by atoms with Crippen LogP contribution in [0.5, 0.6) is 0 Å². The lowest BCUT2D eigenvalue weighted by Gasteiger charge is -2.28. The second-order valence-corrected chi connectivity index (χ2v) is 5.09. The minimum atomic E-state index is -0.0380. The third kappa shape index (κ3) is 3.61. The Morgan fingerprint density at radius 3 is 2.58 bits per heavy atom. The molecule has 5 nitrogen and oxygen atoms in total. The first-order valence-electron chi connectivity index (χ1n) is 6.52. The van der Waals surface area contributed by atoms with Crippen molar-refractivity contribution in [2.45, 2.75) is 19.8 Å². The zero-order chi connectivity index (χ0) is 13.8. The Morgan fingerprint density at radius 2 is 2.00 bits per heavy atom. The highest BCUT2D eigenvalue weighted by Crippen LogP contribution is 2.18. The quantitative estimate of drug-likeness (QED) is 0.631. The Labute approximate surface area is 113 Å². The van der Waals surface area contributed by atoms with Crippen LogP contribution in [0.3, 0.4) is 0 Å². The number of hydrogen-bond donors (Lipinski definition) is 2. The van der Waals surface area contributed by atoms with Crippen LogP contribution in [-0.4, -0.2) is 41.8 Å². The monoisotopic (exact) mass is 260 g/mol. The van der Waals surface area contributed by atoms with Crippen molar-refractivity contribution in [2.24, 2.45) is 5.92 Å². The molecule has 0 saturated carbocycles. The van der Waals surface area contributed by atoms with Gasteiger partial charge in [0.15, 0.2) is 5.90 Å². The van der Waals surface area contributed by atoms with E-state index in [0.717, 1.165) is 31.5 Å². The molecule has 0 spiro atoms. The van der Waals surface area contributed by atoms with Gasteiger partial charge in [-0.05, 0) is 51.5 Å². The zero-order valence-electron chi connectivity index (χ0n) is 11.4. The van der Waals surface area contributed by atoms with Gasteiger partial charge in [0.25, 0.3) is 0 Å². The number of rotatable bonds is 2. The highest BCUT2D eigenvalue weighted by molar-refractivity contribution is 5.98. The van der Waals surface area contributed by atoms with Gasteiger partial charge >= 0.3 is 0 Å². The van der Waals surface area contributed by atoms with Crippen LogP contribution >= 0.6 is 0 Å². The summed E-state index contributed by atoms with van der Waals surface area (Å²) in [5.74, 6) is 0.284. The Kier molecular flexibility index (Phi) is 4.27. The lowest BCUT2D eigenvalue weighted by atomic mass is 9.97. The van der Waals surface area contributed by atoms with Gasteiger partial charge in [-0.1, -0.05) is 6.07 Å². The number of nitrogens with one attached hydrogen (secondary N) is 2. The molecule has 0 atom stereocenters. The standard InChI is InChI=1S/C14H20N4O/c1-10-3-4-12(17-9-10)14(16)19-13(15)11-5-7-18(2)8-6-11/h3-4,9,11,15-16H,5-8H2,1-2H3. The van der Waals surface area contributed by atoms with Crippen molar-refractivity contribution in [1.82, 2.24) is 9.88 Å². The predicted molar refractivity (Wildman–Crippen MR) is 74.8 cm³/mol.